The Bertz CT molecular complexity index is 907. The molecule has 0 aliphatic carbocycles. The predicted octanol–water partition coefficient (Wildman–Crippen LogP) is 2.01. The highest BCUT2D eigenvalue weighted by Crippen LogP contribution is 2.11. The first-order valence-electron chi connectivity index (χ1n) is 7.88. The molecule has 3 N–H and O–H groups in total. The van der Waals surface area contributed by atoms with Crippen LogP contribution in [0, 0.1) is 0 Å². The SMILES string of the molecule is CCc1cccc(NC(=S)NNC(=O)Cn2nnc3ccccc32)c1. The molecule has 0 atom stereocenters. The third-order valence-electron chi connectivity index (χ3n) is 3.62. The van der Waals surface area contributed by atoms with Crippen LogP contribution in [-0.2, 0) is 17.8 Å². The Morgan fingerprint density at radius 2 is 2.00 bits per heavy atom. The number of hydrogen-bond donors (Lipinski definition) is 3. The monoisotopic (exact) mass is 354 g/mol. The van der Waals surface area contributed by atoms with Gasteiger partial charge in [-0.05, 0) is 48.5 Å². The van der Waals surface area contributed by atoms with Crippen molar-refractivity contribution >= 4 is 40.0 Å². The first-order valence-corrected chi connectivity index (χ1v) is 8.29. The maximum absolute atomic E-state index is 12.1. The van der Waals surface area contributed by atoms with Gasteiger partial charge in [0, 0.05) is 5.69 Å². The minimum Gasteiger partial charge on any atom is -0.331 e. The molecule has 0 fully saturated rings. The van der Waals surface area contributed by atoms with Crippen LogP contribution in [0.5, 0.6) is 0 Å². The minimum absolute atomic E-state index is 0.0431. The molecule has 3 rings (SSSR count). The van der Waals surface area contributed by atoms with Crippen LogP contribution in [0.1, 0.15) is 12.5 Å². The summed E-state index contributed by atoms with van der Waals surface area (Å²) in [6.45, 7) is 2.13. The second-order valence-corrected chi connectivity index (χ2v) is 5.83. The van der Waals surface area contributed by atoms with E-state index < -0.39 is 0 Å². The summed E-state index contributed by atoms with van der Waals surface area (Å²) in [5.74, 6) is -0.276. The predicted molar refractivity (Wildman–Crippen MR) is 101 cm³/mol. The molecule has 0 saturated carbocycles. The normalized spacial score (nSPS) is 10.4. The molecule has 8 heteroatoms. The molecular formula is C17H18N6OS. The molecule has 0 spiro atoms. The van der Waals surface area contributed by atoms with Crippen LogP contribution in [0.25, 0.3) is 11.0 Å². The summed E-state index contributed by atoms with van der Waals surface area (Å²) in [6, 6.07) is 15.4. The lowest BCUT2D eigenvalue weighted by Gasteiger charge is -2.12. The Hall–Kier alpha value is -3.00. The number of thiocarbonyl (C=S) groups is 1. The molecule has 1 aromatic heterocycles. The van der Waals surface area contributed by atoms with Crippen LogP contribution >= 0.6 is 12.2 Å². The van der Waals surface area contributed by atoms with E-state index in [9.17, 15) is 4.79 Å². The van der Waals surface area contributed by atoms with Crippen LogP contribution in [0.4, 0.5) is 5.69 Å². The van der Waals surface area contributed by atoms with Crippen molar-refractivity contribution in [1.82, 2.24) is 25.8 Å². The molecule has 2 aromatic carbocycles. The van der Waals surface area contributed by atoms with Gasteiger partial charge in [-0.25, -0.2) is 4.68 Å². The first kappa shape index (κ1) is 16.8. The van der Waals surface area contributed by atoms with Crippen molar-refractivity contribution in [2.45, 2.75) is 19.9 Å². The third-order valence-corrected chi connectivity index (χ3v) is 3.83. The highest BCUT2D eigenvalue weighted by molar-refractivity contribution is 7.80. The van der Waals surface area contributed by atoms with Gasteiger partial charge < -0.3 is 5.32 Å². The fourth-order valence-corrected chi connectivity index (χ4v) is 2.54. The van der Waals surface area contributed by atoms with Gasteiger partial charge in [0.15, 0.2) is 5.11 Å². The zero-order valence-electron chi connectivity index (χ0n) is 13.7. The third kappa shape index (κ3) is 4.30. The van der Waals surface area contributed by atoms with E-state index in [4.69, 9.17) is 12.2 Å². The summed E-state index contributed by atoms with van der Waals surface area (Å²) in [5.41, 5.74) is 8.86. The van der Waals surface area contributed by atoms with Gasteiger partial charge in [-0.15, -0.1) is 5.10 Å². The number of amides is 1. The van der Waals surface area contributed by atoms with E-state index in [0.717, 1.165) is 23.1 Å². The number of rotatable bonds is 4. The smallest absolute Gasteiger partial charge is 0.260 e. The van der Waals surface area contributed by atoms with Gasteiger partial charge in [0.1, 0.15) is 12.1 Å². The number of hydrogen-bond acceptors (Lipinski definition) is 4. The standard InChI is InChI=1S/C17H18N6OS/c1-2-12-6-5-7-13(10-12)18-17(25)21-20-16(24)11-23-15-9-4-3-8-14(15)19-22-23/h3-10H,2,11H2,1H3,(H,20,24)(H2,18,21,25). The van der Waals surface area contributed by atoms with Crippen molar-refractivity contribution in [2.24, 2.45) is 0 Å². The maximum atomic E-state index is 12.1. The van der Waals surface area contributed by atoms with Crippen LogP contribution in [-0.4, -0.2) is 26.0 Å². The van der Waals surface area contributed by atoms with Gasteiger partial charge in [0.2, 0.25) is 0 Å². The van der Waals surface area contributed by atoms with Gasteiger partial charge in [0.05, 0.1) is 5.52 Å². The van der Waals surface area contributed by atoms with E-state index >= 15 is 0 Å². The number of carbonyl (C=O) groups is 1. The molecule has 3 aromatic rings. The molecule has 1 heterocycles. The molecule has 0 radical (unpaired) electrons. The second-order valence-electron chi connectivity index (χ2n) is 5.42. The van der Waals surface area contributed by atoms with Crippen molar-refractivity contribution in [1.29, 1.82) is 0 Å². The molecule has 128 valence electrons. The number of benzene rings is 2. The van der Waals surface area contributed by atoms with E-state index in [-0.39, 0.29) is 12.5 Å². The summed E-state index contributed by atoms with van der Waals surface area (Å²) < 4.78 is 1.54. The van der Waals surface area contributed by atoms with Gasteiger partial charge in [0.25, 0.3) is 5.91 Å². The highest BCUT2D eigenvalue weighted by atomic mass is 32.1. The number of fused-ring (bicyclic) bond motifs is 1. The van der Waals surface area contributed by atoms with Gasteiger partial charge in [-0.3, -0.25) is 15.6 Å². The van der Waals surface area contributed by atoms with Gasteiger partial charge in [-0.1, -0.05) is 36.4 Å². The second kappa shape index (κ2) is 7.71. The Morgan fingerprint density at radius 1 is 1.16 bits per heavy atom. The molecule has 0 aliphatic heterocycles. The average Bonchev–Trinajstić information content (AvgIpc) is 3.03. The van der Waals surface area contributed by atoms with Crippen molar-refractivity contribution in [3.05, 3.63) is 54.1 Å². The van der Waals surface area contributed by atoms with E-state index in [2.05, 4.69) is 33.4 Å². The number of nitrogens with zero attached hydrogens (tertiary/aromatic N) is 3. The summed E-state index contributed by atoms with van der Waals surface area (Å²) in [7, 11) is 0. The molecule has 25 heavy (non-hydrogen) atoms. The van der Waals surface area contributed by atoms with Crippen LogP contribution in [0.15, 0.2) is 48.5 Å². The highest BCUT2D eigenvalue weighted by Gasteiger charge is 2.08. The molecule has 0 aliphatic rings. The zero-order chi connectivity index (χ0) is 17.6. The molecule has 0 saturated heterocycles. The van der Waals surface area contributed by atoms with Gasteiger partial charge in [-0.2, -0.15) is 0 Å². The summed E-state index contributed by atoms with van der Waals surface area (Å²) >= 11 is 5.19. The topological polar surface area (TPSA) is 83.9 Å². The Kier molecular flexibility index (Phi) is 5.20. The van der Waals surface area contributed by atoms with Crippen LogP contribution in [0.3, 0.4) is 0 Å². The van der Waals surface area contributed by atoms with E-state index in [1.165, 1.54) is 10.2 Å². The molecule has 0 bridgehead atoms. The maximum Gasteiger partial charge on any atom is 0.260 e. The summed E-state index contributed by atoms with van der Waals surface area (Å²) in [5, 5.41) is 11.3. The number of anilines is 1. The summed E-state index contributed by atoms with van der Waals surface area (Å²) in [6.07, 6.45) is 0.943. The molecule has 7 nitrogen and oxygen atoms in total. The van der Waals surface area contributed by atoms with Crippen LogP contribution < -0.4 is 16.2 Å². The van der Waals surface area contributed by atoms with Crippen molar-refractivity contribution in [3.63, 3.8) is 0 Å². The quantitative estimate of drug-likeness (QED) is 0.491. The zero-order valence-corrected chi connectivity index (χ0v) is 14.5. The van der Waals surface area contributed by atoms with Crippen molar-refractivity contribution in [3.8, 4) is 0 Å². The lowest BCUT2D eigenvalue weighted by atomic mass is 10.1. The average molecular weight is 354 g/mol. The fraction of sp³-hybridized carbons (Fsp3) is 0.176. The number of aromatic nitrogens is 3. The van der Waals surface area contributed by atoms with Crippen molar-refractivity contribution < 1.29 is 4.79 Å². The van der Waals surface area contributed by atoms with E-state index in [0.29, 0.717) is 5.11 Å². The van der Waals surface area contributed by atoms with E-state index in [1.807, 2.05) is 48.5 Å². The van der Waals surface area contributed by atoms with E-state index in [1.54, 1.807) is 0 Å². The molecular weight excluding hydrogens is 336 g/mol. The molecule has 0 unspecified atom stereocenters. The minimum atomic E-state index is -0.276. The number of hydrazine groups is 1. The number of para-hydroxylation sites is 1. The lowest BCUT2D eigenvalue weighted by molar-refractivity contribution is -0.122. The number of nitrogens with one attached hydrogen (secondary N) is 3. The van der Waals surface area contributed by atoms with Crippen molar-refractivity contribution in [2.75, 3.05) is 5.32 Å². The Morgan fingerprint density at radius 3 is 2.84 bits per heavy atom. The largest absolute Gasteiger partial charge is 0.331 e. The number of carbonyl (C=O) groups excluding carboxylic acids is 1. The van der Waals surface area contributed by atoms with Gasteiger partial charge >= 0.3 is 0 Å². The first-order chi connectivity index (χ1) is 12.2. The molecule has 1 amide bonds. The fourth-order valence-electron chi connectivity index (χ4n) is 2.37. The Labute approximate surface area is 150 Å². The lowest BCUT2D eigenvalue weighted by Crippen LogP contribution is -2.45. The Balaban J connectivity index is 1.52. The summed E-state index contributed by atoms with van der Waals surface area (Å²) in [4.78, 5) is 12.1. The van der Waals surface area contributed by atoms with Crippen LogP contribution in [0.2, 0.25) is 0 Å². The number of aryl methyl sites for hydroxylation is 1.